The molecule has 2 aromatic rings. The molecule has 0 bridgehead atoms. The molecule has 0 spiro atoms. The SMILES string of the molecule is Fc1c(F)c(F)c(NCCCNc2c(F)c(F)c(F)c(F)c2F)c(F)c1F. The third kappa shape index (κ3) is 3.74. The summed E-state index contributed by atoms with van der Waals surface area (Å²) in [6, 6.07) is 0. The van der Waals surface area contributed by atoms with Crippen LogP contribution in [-0.4, -0.2) is 13.1 Å². The number of nitrogens with one attached hydrogen (secondary N) is 2. The van der Waals surface area contributed by atoms with Gasteiger partial charge in [-0.25, -0.2) is 43.9 Å². The quantitative estimate of drug-likeness (QED) is 0.306. The van der Waals surface area contributed by atoms with Gasteiger partial charge in [-0.15, -0.1) is 0 Å². The van der Waals surface area contributed by atoms with Gasteiger partial charge in [-0.3, -0.25) is 0 Å². The van der Waals surface area contributed by atoms with Gasteiger partial charge >= 0.3 is 0 Å². The smallest absolute Gasteiger partial charge is 0.200 e. The molecule has 0 unspecified atom stereocenters. The molecular formula is C15H8F10N2. The molecule has 0 saturated heterocycles. The molecule has 0 aliphatic carbocycles. The van der Waals surface area contributed by atoms with Crippen LogP contribution in [0.25, 0.3) is 0 Å². The van der Waals surface area contributed by atoms with Crippen molar-refractivity contribution in [1.29, 1.82) is 0 Å². The van der Waals surface area contributed by atoms with Crippen LogP contribution >= 0.6 is 0 Å². The van der Waals surface area contributed by atoms with Gasteiger partial charge in [0.05, 0.1) is 0 Å². The second-order valence-corrected chi connectivity index (χ2v) is 5.10. The lowest BCUT2D eigenvalue weighted by Gasteiger charge is -2.13. The van der Waals surface area contributed by atoms with E-state index >= 15 is 0 Å². The number of hydrogen-bond acceptors (Lipinski definition) is 2. The van der Waals surface area contributed by atoms with E-state index in [-0.39, 0.29) is 6.42 Å². The Hall–Kier alpha value is -2.66. The molecule has 0 aromatic heterocycles. The van der Waals surface area contributed by atoms with Gasteiger partial charge in [0.2, 0.25) is 11.6 Å². The van der Waals surface area contributed by atoms with Crippen molar-refractivity contribution in [3.63, 3.8) is 0 Å². The first-order valence-electron chi connectivity index (χ1n) is 7.10. The molecule has 2 N–H and O–H groups in total. The average Bonchev–Trinajstić information content (AvgIpc) is 2.66. The molecule has 0 heterocycles. The highest BCUT2D eigenvalue weighted by molar-refractivity contribution is 5.49. The maximum Gasteiger partial charge on any atom is 0.200 e. The van der Waals surface area contributed by atoms with E-state index in [9.17, 15) is 43.9 Å². The topological polar surface area (TPSA) is 24.1 Å². The number of halogens is 10. The Morgan fingerprint density at radius 1 is 0.370 bits per heavy atom. The van der Waals surface area contributed by atoms with Crippen molar-refractivity contribution in [2.75, 3.05) is 23.7 Å². The first kappa shape index (κ1) is 20.6. The highest BCUT2D eigenvalue weighted by Gasteiger charge is 2.26. The molecule has 0 aliphatic heterocycles. The molecule has 12 heteroatoms. The van der Waals surface area contributed by atoms with Crippen LogP contribution in [0.1, 0.15) is 6.42 Å². The summed E-state index contributed by atoms with van der Waals surface area (Å²) in [5, 5.41) is 3.81. The fourth-order valence-corrected chi connectivity index (χ4v) is 2.04. The molecule has 0 radical (unpaired) electrons. The van der Waals surface area contributed by atoms with Gasteiger partial charge in [0.25, 0.3) is 0 Å². The van der Waals surface area contributed by atoms with Gasteiger partial charge in [0.15, 0.2) is 46.5 Å². The van der Waals surface area contributed by atoms with Crippen LogP contribution in [0, 0.1) is 58.2 Å². The lowest BCUT2D eigenvalue weighted by molar-refractivity contribution is 0.381. The number of anilines is 2. The van der Waals surface area contributed by atoms with E-state index in [2.05, 4.69) is 0 Å². The van der Waals surface area contributed by atoms with Crippen LogP contribution in [0.5, 0.6) is 0 Å². The van der Waals surface area contributed by atoms with Gasteiger partial charge in [-0.05, 0) is 6.42 Å². The molecule has 0 atom stereocenters. The second kappa shape index (κ2) is 7.92. The van der Waals surface area contributed by atoms with E-state index in [0.29, 0.717) is 0 Å². The fraction of sp³-hybridized carbons (Fsp3) is 0.200. The van der Waals surface area contributed by atoms with E-state index < -0.39 is 82.6 Å². The lowest BCUT2D eigenvalue weighted by Crippen LogP contribution is -2.15. The Labute approximate surface area is 144 Å². The summed E-state index contributed by atoms with van der Waals surface area (Å²) in [5.74, 6) is -21.8. The highest BCUT2D eigenvalue weighted by atomic mass is 19.2. The van der Waals surface area contributed by atoms with Crippen LogP contribution in [-0.2, 0) is 0 Å². The maximum atomic E-state index is 13.4. The first-order valence-corrected chi connectivity index (χ1v) is 7.10. The Balaban J connectivity index is 2.02. The predicted molar refractivity (Wildman–Crippen MR) is 74.1 cm³/mol. The van der Waals surface area contributed by atoms with Gasteiger partial charge < -0.3 is 10.6 Å². The highest BCUT2D eigenvalue weighted by Crippen LogP contribution is 2.28. The largest absolute Gasteiger partial charge is 0.380 e. The van der Waals surface area contributed by atoms with Crippen LogP contribution in [0.3, 0.4) is 0 Å². The Morgan fingerprint density at radius 2 is 0.593 bits per heavy atom. The molecular weight excluding hydrogens is 398 g/mol. The number of benzene rings is 2. The molecule has 148 valence electrons. The minimum absolute atomic E-state index is 0.251. The summed E-state index contributed by atoms with van der Waals surface area (Å²) in [6.45, 7) is -0.915. The van der Waals surface area contributed by atoms with E-state index in [0.717, 1.165) is 0 Å². The van der Waals surface area contributed by atoms with E-state index in [1.165, 1.54) is 0 Å². The van der Waals surface area contributed by atoms with E-state index in [1.54, 1.807) is 0 Å². The lowest BCUT2D eigenvalue weighted by atomic mass is 10.2. The third-order valence-corrected chi connectivity index (χ3v) is 3.38. The number of rotatable bonds is 6. The van der Waals surface area contributed by atoms with Gasteiger partial charge in [0.1, 0.15) is 11.4 Å². The van der Waals surface area contributed by atoms with Crippen LogP contribution in [0.2, 0.25) is 0 Å². The summed E-state index contributed by atoms with van der Waals surface area (Å²) in [6.07, 6.45) is -0.251. The zero-order valence-corrected chi connectivity index (χ0v) is 12.9. The Kier molecular flexibility index (Phi) is 6.06. The average molecular weight is 406 g/mol. The van der Waals surface area contributed by atoms with Crippen molar-refractivity contribution in [3.05, 3.63) is 58.2 Å². The van der Waals surface area contributed by atoms with Crippen LogP contribution in [0.15, 0.2) is 0 Å². The summed E-state index contributed by atoms with van der Waals surface area (Å²) in [5.41, 5.74) is -2.63. The van der Waals surface area contributed by atoms with Crippen LogP contribution < -0.4 is 10.6 Å². The van der Waals surface area contributed by atoms with Gasteiger partial charge in [-0.2, -0.15) is 0 Å². The molecule has 0 aliphatic rings. The van der Waals surface area contributed by atoms with Crippen molar-refractivity contribution in [1.82, 2.24) is 0 Å². The first-order chi connectivity index (χ1) is 12.6. The minimum atomic E-state index is -2.34. The third-order valence-electron chi connectivity index (χ3n) is 3.38. The monoisotopic (exact) mass is 406 g/mol. The summed E-state index contributed by atoms with van der Waals surface area (Å²) >= 11 is 0. The van der Waals surface area contributed by atoms with Gasteiger partial charge in [0, 0.05) is 13.1 Å². The van der Waals surface area contributed by atoms with Crippen molar-refractivity contribution in [2.24, 2.45) is 0 Å². The second-order valence-electron chi connectivity index (χ2n) is 5.10. The standard InChI is InChI=1S/C15H8F10N2/c16-4-6(18)10(22)14(11(23)7(4)19)26-2-1-3-27-15-12(24)8(20)5(17)9(21)13(15)25/h26-27H,1-3H2. The van der Waals surface area contributed by atoms with Crippen molar-refractivity contribution in [2.45, 2.75) is 6.42 Å². The minimum Gasteiger partial charge on any atom is -0.380 e. The molecule has 27 heavy (non-hydrogen) atoms. The Bertz CT molecular complexity index is 754. The summed E-state index contributed by atoms with van der Waals surface area (Å²) < 4.78 is 131. The summed E-state index contributed by atoms with van der Waals surface area (Å²) in [7, 11) is 0. The van der Waals surface area contributed by atoms with Gasteiger partial charge in [-0.1, -0.05) is 0 Å². The van der Waals surface area contributed by atoms with Crippen molar-refractivity contribution < 1.29 is 43.9 Å². The number of hydrogen-bond donors (Lipinski definition) is 2. The summed E-state index contributed by atoms with van der Waals surface area (Å²) in [4.78, 5) is 0. The van der Waals surface area contributed by atoms with Crippen LogP contribution in [0.4, 0.5) is 55.3 Å². The fourth-order valence-electron chi connectivity index (χ4n) is 2.04. The zero-order valence-electron chi connectivity index (χ0n) is 12.9. The molecule has 0 amide bonds. The van der Waals surface area contributed by atoms with E-state index in [1.807, 2.05) is 10.6 Å². The molecule has 2 nitrogen and oxygen atoms in total. The maximum absolute atomic E-state index is 13.4. The molecule has 2 rings (SSSR count). The zero-order chi connectivity index (χ0) is 20.5. The molecule has 0 saturated carbocycles. The predicted octanol–water partition coefficient (Wildman–Crippen LogP) is 4.99. The molecule has 0 fully saturated rings. The molecule has 2 aromatic carbocycles. The normalized spacial score (nSPS) is 11.0. The Morgan fingerprint density at radius 3 is 0.852 bits per heavy atom. The van der Waals surface area contributed by atoms with Crippen molar-refractivity contribution >= 4 is 11.4 Å². The van der Waals surface area contributed by atoms with E-state index in [4.69, 9.17) is 0 Å². The van der Waals surface area contributed by atoms with Crippen molar-refractivity contribution in [3.8, 4) is 0 Å².